The SMILES string of the molecule is CC(C)N(CCCNC(=O)CN1C[C@@H]2CCC[C@@]2(C(=O)O)C1)S(C)(=O)=O.Cl. The molecule has 0 bridgehead atoms. The van der Waals surface area contributed by atoms with Crippen LogP contribution < -0.4 is 5.32 Å². The second kappa shape index (κ2) is 9.54. The maximum atomic E-state index is 12.1. The molecule has 1 amide bonds. The van der Waals surface area contributed by atoms with Crippen molar-refractivity contribution in [2.24, 2.45) is 11.3 Å². The highest BCUT2D eigenvalue weighted by atomic mass is 35.5. The number of carboxylic acid groups (broad SMARTS) is 1. The van der Waals surface area contributed by atoms with E-state index in [4.69, 9.17) is 0 Å². The Bertz CT molecular complexity index is 642. The Morgan fingerprint density at radius 2 is 2.04 bits per heavy atom. The average Bonchev–Trinajstić information content (AvgIpc) is 3.02. The third-order valence-corrected chi connectivity index (χ3v) is 7.07. The number of likely N-dealkylation sites (tertiary alicyclic amines) is 1. The first kappa shape index (κ1) is 24.1. The second-order valence-electron chi connectivity index (χ2n) is 7.89. The zero-order chi connectivity index (χ0) is 19.5. The normalized spacial score (nSPS) is 25.4. The molecule has 10 heteroatoms. The molecule has 2 rings (SSSR count). The van der Waals surface area contributed by atoms with Crippen LogP contribution in [0.4, 0.5) is 0 Å². The van der Waals surface area contributed by atoms with Gasteiger partial charge in [0.25, 0.3) is 0 Å². The Morgan fingerprint density at radius 3 is 2.56 bits per heavy atom. The summed E-state index contributed by atoms with van der Waals surface area (Å²) in [5.41, 5.74) is -0.673. The highest BCUT2D eigenvalue weighted by Crippen LogP contribution is 2.48. The number of amides is 1. The lowest BCUT2D eigenvalue weighted by Crippen LogP contribution is -2.41. The summed E-state index contributed by atoms with van der Waals surface area (Å²) in [5, 5.41) is 12.4. The predicted octanol–water partition coefficient (Wildman–Crippen LogP) is 0.771. The number of fused-ring (bicyclic) bond motifs is 1. The quantitative estimate of drug-likeness (QED) is 0.528. The molecule has 0 spiro atoms. The van der Waals surface area contributed by atoms with E-state index in [1.807, 2.05) is 18.7 Å². The first-order valence-electron chi connectivity index (χ1n) is 9.25. The van der Waals surface area contributed by atoms with Gasteiger partial charge in [-0.15, -0.1) is 12.4 Å². The third kappa shape index (κ3) is 5.79. The Morgan fingerprint density at radius 1 is 1.37 bits per heavy atom. The second-order valence-corrected chi connectivity index (χ2v) is 9.83. The smallest absolute Gasteiger partial charge is 0.311 e. The van der Waals surface area contributed by atoms with E-state index in [-0.39, 0.29) is 36.8 Å². The number of hydrogen-bond donors (Lipinski definition) is 2. The molecule has 2 aliphatic rings. The number of aliphatic carboxylic acids is 1. The molecule has 1 saturated heterocycles. The van der Waals surface area contributed by atoms with Crippen molar-refractivity contribution in [2.75, 3.05) is 39.0 Å². The summed E-state index contributed by atoms with van der Waals surface area (Å²) >= 11 is 0. The number of halogens is 1. The van der Waals surface area contributed by atoms with Crippen molar-refractivity contribution in [1.82, 2.24) is 14.5 Å². The molecule has 1 aliphatic heterocycles. The summed E-state index contributed by atoms with van der Waals surface area (Å²) in [6, 6.07) is -0.114. The zero-order valence-corrected chi connectivity index (χ0v) is 17.9. The van der Waals surface area contributed by atoms with Crippen molar-refractivity contribution in [3.8, 4) is 0 Å². The van der Waals surface area contributed by atoms with Crippen molar-refractivity contribution in [1.29, 1.82) is 0 Å². The fourth-order valence-electron chi connectivity index (χ4n) is 4.39. The van der Waals surface area contributed by atoms with Gasteiger partial charge in [-0.2, -0.15) is 4.31 Å². The van der Waals surface area contributed by atoms with Crippen molar-refractivity contribution in [3.05, 3.63) is 0 Å². The van der Waals surface area contributed by atoms with Crippen LogP contribution >= 0.6 is 12.4 Å². The molecule has 0 aromatic rings. The number of hydrogen-bond acceptors (Lipinski definition) is 5. The van der Waals surface area contributed by atoms with Gasteiger partial charge < -0.3 is 10.4 Å². The summed E-state index contributed by atoms with van der Waals surface area (Å²) in [4.78, 5) is 25.7. The Balaban J connectivity index is 0.00000364. The number of carboxylic acids is 1. The van der Waals surface area contributed by atoms with Crippen molar-refractivity contribution >= 4 is 34.3 Å². The maximum Gasteiger partial charge on any atom is 0.311 e. The van der Waals surface area contributed by atoms with Gasteiger partial charge in [-0.3, -0.25) is 14.5 Å². The number of carbonyl (C=O) groups excluding carboxylic acids is 1. The Labute approximate surface area is 168 Å². The molecular formula is C17H32ClN3O5S. The number of nitrogens with one attached hydrogen (secondary N) is 1. The van der Waals surface area contributed by atoms with E-state index in [0.717, 1.165) is 12.8 Å². The van der Waals surface area contributed by atoms with E-state index < -0.39 is 21.4 Å². The first-order valence-corrected chi connectivity index (χ1v) is 11.1. The lowest BCUT2D eigenvalue weighted by Gasteiger charge is -2.24. The summed E-state index contributed by atoms with van der Waals surface area (Å²) in [6.07, 6.45) is 4.29. The number of sulfonamides is 1. The first-order chi connectivity index (χ1) is 12.1. The molecule has 2 fully saturated rings. The van der Waals surface area contributed by atoms with E-state index in [0.29, 0.717) is 39.0 Å². The monoisotopic (exact) mass is 425 g/mol. The number of carbonyl (C=O) groups is 2. The van der Waals surface area contributed by atoms with Crippen molar-refractivity contribution in [2.45, 2.75) is 45.6 Å². The van der Waals surface area contributed by atoms with Crippen molar-refractivity contribution < 1.29 is 23.1 Å². The summed E-state index contributed by atoms with van der Waals surface area (Å²) in [6.45, 7) is 5.71. The lowest BCUT2D eigenvalue weighted by molar-refractivity contribution is -0.149. The fraction of sp³-hybridized carbons (Fsp3) is 0.882. The highest BCUT2D eigenvalue weighted by molar-refractivity contribution is 7.88. The van der Waals surface area contributed by atoms with E-state index >= 15 is 0 Å². The Kier molecular flexibility index (Phi) is 8.53. The molecule has 0 aromatic heterocycles. The van der Waals surface area contributed by atoms with Crippen LogP contribution in [0.15, 0.2) is 0 Å². The van der Waals surface area contributed by atoms with Crippen molar-refractivity contribution in [3.63, 3.8) is 0 Å². The molecule has 8 nitrogen and oxygen atoms in total. The molecule has 1 aliphatic carbocycles. The predicted molar refractivity (Wildman–Crippen MR) is 105 cm³/mol. The van der Waals surface area contributed by atoms with Gasteiger partial charge in [-0.05, 0) is 39.0 Å². The molecule has 2 N–H and O–H groups in total. The molecular weight excluding hydrogens is 394 g/mol. The number of rotatable bonds is 9. The zero-order valence-electron chi connectivity index (χ0n) is 16.3. The summed E-state index contributed by atoms with van der Waals surface area (Å²) < 4.78 is 24.8. The molecule has 27 heavy (non-hydrogen) atoms. The largest absolute Gasteiger partial charge is 0.481 e. The van der Waals surface area contributed by atoms with Gasteiger partial charge in [-0.1, -0.05) is 6.42 Å². The number of nitrogens with zero attached hydrogens (tertiary/aromatic N) is 2. The summed E-state index contributed by atoms with van der Waals surface area (Å²) in [5.74, 6) is -0.736. The van der Waals surface area contributed by atoms with Gasteiger partial charge in [0, 0.05) is 32.2 Å². The van der Waals surface area contributed by atoms with Crippen LogP contribution in [0.5, 0.6) is 0 Å². The standard InChI is InChI=1S/C17H31N3O5S.ClH/c1-13(2)20(26(3,24)25)9-5-8-18-15(21)11-19-10-14-6-4-7-17(14,12-19)16(22)23;/h13-14H,4-12H2,1-3H3,(H,18,21)(H,22,23);1H/t14-,17+;/m0./s1. The molecule has 0 aromatic carbocycles. The molecule has 1 saturated carbocycles. The van der Waals surface area contributed by atoms with Gasteiger partial charge in [0.1, 0.15) is 0 Å². The van der Waals surface area contributed by atoms with Crippen LogP contribution in [0.25, 0.3) is 0 Å². The summed E-state index contributed by atoms with van der Waals surface area (Å²) in [7, 11) is -3.25. The lowest BCUT2D eigenvalue weighted by atomic mass is 9.81. The van der Waals surface area contributed by atoms with Gasteiger partial charge >= 0.3 is 5.97 Å². The minimum Gasteiger partial charge on any atom is -0.481 e. The van der Waals surface area contributed by atoms with E-state index in [1.54, 1.807) is 0 Å². The van der Waals surface area contributed by atoms with Crippen LogP contribution in [-0.2, 0) is 19.6 Å². The van der Waals surface area contributed by atoms with Gasteiger partial charge in [0.15, 0.2) is 0 Å². The Hall–Kier alpha value is -0.900. The highest BCUT2D eigenvalue weighted by Gasteiger charge is 2.54. The van der Waals surface area contributed by atoms with Gasteiger partial charge in [-0.25, -0.2) is 8.42 Å². The molecule has 2 atom stereocenters. The van der Waals surface area contributed by atoms with Gasteiger partial charge in [0.05, 0.1) is 18.2 Å². The topological polar surface area (TPSA) is 107 Å². The molecule has 0 unspecified atom stereocenters. The fourth-order valence-corrected chi connectivity index (χ4v) is 5.62. The third-order valence-electron chi connectivity index (χ3n) is 5.61. The minimum absolute atomic E-state index is 0. The average molecular weight is 426 g/mol. The van der Waals surface area contributed by atoms with Gasteiger partial charge in [0.2, 0.25) is 15.9 Å². The molecule has 1 heterocycles. The van der Waals surface area contributed by atoms with E-state index in [2.05, 4.69) is 5.32 Å². The van der Waals surface area contributed by atoms with Crippen LogP contribution in [0.3, 0.4) is 0 Å². The van der Waals surface area contributed by atoms with Crippen LogP contribution in [-0.4, -0.2) is 79.6 Å². The van der Waals surface area contributed by atoms with Crippen LogP contribution in [0, 0.1) is 11.3 Å². The van der Waals surface area contributed by atoms with E-state index in [9.17, 15) is 23.1 Å². The molecule has 0 radical (unpaired) electrons. The molecule has 158 valence electrons. The minimum atomic E-state index is -3.25. The van der Waals surface area contributed by atoms with Crippen LogP contribution in [0.1, 0.15) is 39.5 Å². The van der Waals surface area contributed by atoms with Crippen LogP contribution in [0.2, 0.25) is 0 Å². The maximum absolute atomic E-state index is 12.1. The van der Waals surface area contributed by atoms with E-state index in [1.165, 1.54) is 10.6 Å².